The SMILES string of the molecule is CC1OCCC1(O)CNC(=O)C1(N)CCOC1. The van der Waals surface area contributed by atoms with Crippen LogP contribution in [0.25, 0.3) is 0 Å². The Morgan fingerprint density at radius 1 is 1.53 bits per heavy atom. The number of rotatable bonds is 3. The van der Waals surface area contributed by atoms with Crippen molar-refractivity contribution < 1.29 is 19.4 Å². The first-order valence-corrected chi connectivity index (χ1v) is 5.95. The van der Waals surface area contributed by atoms with E-state index in [2.05, 4.69) is 5.32 Å². The zero-order chi connectivity index (χ0) is 12.5. The first-order chi connectivity index (χ1) is 7.96. The van der Waals surface area contributed by atoms with Crippen molar-refractivity contribution in [1.29, 1.82) is 0 Å². The molecule has 2 saturated heterocycles. The van der Waals surface area contributed by atoms with Crippen LogP contribution in [0.3, 0.4) is 0 Å². The maximum Gasteiger partial charge on any atom is 0.242 e. The second kappa shape index (κ2) is 4.53. The number of amides is 1. The van der Waals surface area contributed by atoms with Gasteiger partial charge in [0.15, 0.2) is 0 Å². The molecule has 0 bridgehead atoms. The van der Waals surface area contributed by atoms with Crippen LogP contribution in [0.4, 0.5) is 0 Å². The highest BCUT2D eigenvalue weighted by Gasteiger charge is 2.43. The monoisotopic (exact) mass is 244 g/mol. The Morgan fingerprint density at radius 2 is 2.29 bits per heavy atom. The molecule has 2 aliphatic rings. The van der Waals surface area contributed by atoms with E-state index in [1.165, 1.54) is 0 Å². The molecule has 0 spiro atoms. The first-order valence-electron chi connectivity index (χ1n) is 5.95. The summed E-state index contributed by atoms with van der Waals surface area (Å²) < 4.78 is 10.4. The van der Waals surface area contributed by atoms with Gasteiger partial charge in [0.25, 0.3) is 0 Å². The molecule has 6 nitrogen and oxygen atoms in total. The second-order valence-electron chi connectivity index (χ2n) is 5.01. The molecule has 0 radical (unpaired) electrons. The standard InChI is InChI=1S/C11H20N2O4/c1-8-11(15,3-5-17-8)6-13-9(14)10(12)2-4-16-7-10/h8,15H,2-7,12H2,1H3,(H,13,14). The number of carbonyl (C=O) groups is 1. The lowest BCUT2D eigenvalue weighted by Crippen LogP contribution is -2.58. The van der Waals surface area contributed by atoms with E-state index < -0.39 is 11.1 Å². The van der Waals surface area contributed by atoms with E-state index in [-0.39, 0.29) is 25.2 Å². The Balaban J connectivity index is 1.87. The summed E-state index contributed by atoms with van der Waals surface area (Å²) in [4.78, 5) is 11.9. The second-order valence-corrected chi connectivity index (χ2v) is 5.01. The van der Waals surface area contributed by atoms with Gasteiger partial charge in [0, 0.05) is 26.2 Å². The third-order valence-corrected chi connectivity index (χ3v) is 3.72. The lowest BCUT2D eigenvalue weighted by atomic mass is 9.95. The third kappa shape index (κ3) is 2.44. The highest BCUT2D eigenvalue weighted by atomic mass is 16.5. The van der Waals surface area contributed by atoms with Crippen LogP contribution < -0.4 is 11.1 Å². The van der Waals surface area contributed by atoms with Gasteiger partial charge in [-0.15, -0.1) is 0 Å². The summed E-state index contributed by atoms with van der Waals surface area (Å²) in [6, 6.07) is 0. The minimum Gasteiger partial charge on any atom is -0.385 e. The Bertz CT molecular complexity index is 304. The zero-order valence-electron chi connectivity index (χ0n) is 10.1. The Kier molecular flexibility index (Phi) is 3.40. The van der Waals surface area contributed by atoms with Crippen molar-refractivity contribution in [2.24, 2.45) is 5.73 Å². The number of ether oxygens (including phenoxy) is 2. The van der Waals surface area contributed by atoms with Gasteiger partial charge in [-0.25, -0.2) is 0 Å². The largest absolute Gasteiger partial charge is 0.385 e. The minimum absolute atomic E-state index is 0.173. The van der Waals surface area contributed by atoms with Gasteiger partial charge in [0.2, 0.25) is 5.91 Å². The lowest BCUT2D eigenvalue weighted by Gasteiger charge is -2.28. The van der Waals surface area contributed by atoms with Gasteiger partial charge < -0.3 is 25.6 Å². The van der Waals surface area contributed by atoms with Gasteiger partial charge in [-0.1, -0.05) is 0 Å². The molecule has 4 N–H and O–H groups in total. The molecule has 3 atom stereocenters. The molecule has 0 aromatic rings. The van der Waals surface area contributed by atoms with Crippen molar-refractivity contribution in [2.75, 3.05) is 26.4 Å². The quantitative estimate of drug-likeness (QED) is 0.577. The van der Waals surface area contributed by atoms with Gasteiger partial charge in [-0.3, -0.25) is 4.79 Å². The van der Waals surface area contributed by atoms with Gasteiger partial charge in [-0.2, -0.15) is 0 Å². The molecule has 0 saturated carbocycles. The van der Waals surface area contributed by atoms with E-state index in [9.17, 15) is 9.90 Å². The Morgan fingerprint density at radius 3 is 2.82 bits per heavy atom. The summed E-state index contributed by atoms with van der Waals surface area (Å²) in [7, 11) is 0. The van der Waals surface area contributed by atoms with Crippen LogP contribution in [-0.4, -0.2) is 54.6 Å². The van der Waals surface area contributed by atoms with E-state index in [0.717, 1.165) is 0 Å². The predicted molar refractivity (Wildman–Crippen MR) is 60.3 cm³/mol. The highest BCUT2D eigenvalue weighted by molar-refractivity contribution is 5.86. The van der Waals surface area contributed by atoms with Crippen molar-refractivity contribution >= 4 is 5.91 Å². The van der Waals surface area contributed by atoms with Crippen LogP contribution >= 0.6 is 0 Å². The fraction of sp³-hybridized carbons (Fsp3) is 0.909. The summed E-state index contributed by atoms with van der Waals surface area (Å²) in [6.45, 7) is 3.24. The zero-order valence-corrected chi connectivity index (χ0v) is 10.1. The fourth-order valence-electron chi connectivity index (χ4n) is 2.17. The highest BCUT2D eigenvalue weighted by Crippen LogP contribution is 2.25. The summed E-state index contributed by atoms with van der Waals surface area (Å²) in [6.07, 6.45) is 0.780. The van der Waals surface area contributed by atoms with Crippen molar-refractivity contribution in [2.45, 2.75) is 37.0 Å². The van der Waals surface area contributed by atoms with E-state index in [4.69, 9.17) is 15.2 Å². The lowest BCUT2D eigenvalue weighted by molar-refractivity contribution is -0.128. The van der Waals surface area contributed by atoms with Gasteiger partial charge in [0.1, 0.15) is 11.1 Å². The number of aliphatic hydroxyl groups is 1. The molecule has 2 fully saturated rings. The average Bonchev–Trinajstić information content (AvgIpc) is 2.86. The normalized spacial score (nSPS) is 41.7. The number of hydrogen-bond acceptors (Lipinski definition) is 5. The van der Waals surface area contributed by atoms with Crippen molar-refractivity contribution in [1.82, 2.24) is 5.32 Å². The maximum absolute atomic E-state index is 11.9. The topological polar surface area (TPSA) is 93.8 Å². The van der Waals surface area contributed by atoms with Crippen LogP contribution in [0.15, 0.2) is 0 Å². The number of carbonyl (C=O) groups excluding carboxylic acids is 1. The summed E-state index contributed by atoms with van der Waals surface area (Å²) >= 11 is 0. The molecule has 2 heterocycles. The van der Waals surface area contributed by atoms with Crippen LogP contribution in [0.5, 0.6) is 0 Å². The molecular formula is C11H20N2O4. The van der Waals surface area contributed by atoms with Gasteiger partial charge in [0.05, 0.1) is 12.7 Å². The molecule has 1 amide bonds. The Hall–Kier alpha value is -0.690. The molecule has 0 aliphatic carbocycles. The van der Waals surface area contributed by atoms with E-state index in [0.29, 0.717) is 26.1 Å². The van der Waals surface area contributed by atoms with Crippen LogP contribution in [-0.2, 0) is 14.3 Å². The molecule has 0 aromatic heterocycles. The predicted octanol–water partition coefficient (Wildman–Crippen LogP) is -1.24. The summed E-state index contributed by atoms with van der Waals surface area (Å²) in [5, 5.41) is 12.9. The smallest absolute Gasteiger partial charge is 0.242 e. The maximum atomic E-state index is 11.9. The fourth-order valence-corrected chi connectivity index (χ4v) is 2.17. The van der Waals surface area contributed by atoms with Gasteiger partial charge >= 0.3 is 0 Å². The molecule has 2 rings (SSSR count). The molecule has 0 aromatic carbocycles. The molecule has 3 unspecified atom stereocenters. The molecule has 2 aliphatic heterocycles. The van der Waals surface area contributed by atoms with Crippen LogP contribution in [0.2, 0.25) is 0 Å². The molecular weight excluding hydrogens is 224 g/mol. The first kappa shape index (κ1) is 12.8. The Labute approximate surface area is 100 Å². The number of nitrogens with one attached hydrogen (secondary N) is 1. The summed E-state index contributed by atoms with van der Waals surface area (Å²) in [5.41, 5.74) is 3.99. The van der Waals surface area contributed by atoms with Crippen LogP contribution in [0.1, 0.15) is 19.8 Å². The average molecular weight is 244 g/mol. The van der Waals surface area contributed by atoms with E-state index in [1.54, 1.807) is 6.92 Å². The molecule has 17 heavy (non-hydrogen) atoms. The minimum atomic E-state index is -0.981. The number of nitrogens with two attached hydrogens (primary N) is 1. The van der Waals surface area contributed by atoms with Crippen LogP contribution in [0, 0.1) is 0 Å². The third-order valence-electron chi connectivity index (χ3n) is 3.72. The molecule has 98 valence electrons. The number of hydrogen-bond donors (Lipinski definition) is 3. The van der Waals surface area contributed by atoms with Crippen molar-refractivity contribution in [3.05, 3.63) is 0 Å². The van der Waals surface area contributed by atoms with Crippen molar-refractivity contribution in [3.63, 3.8) is 0 Å². The van der Waals surface area contributed by atoms with Crippen molar-refractivity contribution in [3.8, 4) is 0 Å². The van der Waals surface area contributed by atoms with Gasteiger partial charge in [-0.05, 0) is 13.3 Å². The van der Waals surface area contributed by atoms with E-state index >= 15 is 0 Å². The molecule has 6 heteroatoms. The van der Waals surface area contributed by atoms with E-state index in [1.807, 2.05) is 0 Å². The summed E-state index contributed by atoms with van der Waals surface area (Å²) in [5.74, 6) is -0.262.